The van der Waals surface area contributed by atoms with Crippen molar-refractivity contribution in [3.63, 3.8) is 0 Å². The first-order valence-electron chi connectivity index (χ1n) is 10.4. The molecule has 2 aromatic rings. The molecule has 0 saturated carbocycles. The highest BCUT2D eigenvalue weighted by atomic mass is 16.5. The van der Waals surface area contributed by atoms with Crippen LogP contribution in [-0.4, -0.2) is 68.5 Å². The number of aromatic nitrogens is 3. The number of fused-ring (bicyclic) bond motifs is 2. The molecule has 5 heterocycles. The zero-order valence-electron chi connectivity index (χ0n) is 16.9. The Morgan fingerprint density at radius 3 is 3.00 bits per heavy atom. The fourth-order valence-electron chi connectivity index (χ4n) is 5.16. The molecule has 2 fully saturated rings. The molecule has 2 saturated heterocycles. The van der Waals surface area contributed by atoms with E-state index in [1.807, 2.05) is 21.6 Å². The number of anilines is 2. The molecule has 158 valence electrons. The first-order valence-corrected chi connectivity index (χ1v) is 10.4. The second kappa shape index (κ2) is 7.26. The third-order valence-electron chi connectivity index (χ3n) is 6.54. The van der Waals surface area contributed by atoms with Crippen LogP contribution in [0.1, 0.15) is 31.0 Å². The number of carbonyl (C=O) groups excluding carboxylic acids is 2. The second-order valence-corrected chi connectivity index (χ2v) is 8.25. The van der Waals surface area contributed by atoms with Gasteiger partial charge in [-0.15, -0.1) is 0 Å². The molecule has 0 bridgehead atoms. The number of nitrogen functional groups attached to an aromatic ring is 1. The summed E-state index contributed by atoms with van der Waals surface area (Å²) in [6.07, 6.45) is 5.15. The molecular formula is C20H25N7O3. The fourth-order valence-corrected chi connectivity index (χ4v) is 5.16. The highest BCUT2D eigenvalue weighted by molar-refractivity contribution is 5.87. The molecular weight excluding hydrogens is 386 g/mol. The Kier molecular flexibility index (Phi) is 4.56. The number of nitrogens with two attached hydrogens (primary N) is 1. The number of carbonyl (C=O) groups is 2. The van der Waals surface area contributed by atoms with Crippen LogP contribution in [0.2, 0.25) is 0 Å². The van der Waals surface area contributed by atoms with E-state index >= 15 is 0 Å². The molecule has 0 radical (unpaired) electrons. The number of nitrogens with zero attached hydrogens (tertiary/aromatic N) is 6. The van der Waals surface area contributed by atoms with Gasteiger partial charge in [0.15, 0.2) is 0 Å². The average molecular weight is 411 g/mol. The van der Waals surface area contributed by atoms with Gasteiger partial charge in [0.2, 0.25) is 11.8 Å². The Balaban J connectivity index is 1.35. The number of piperazine rings is 1. The van der Waals surface area contributed by atoms with Crippen molar-refractivity contribution in [2.24, 2.45) is 5.92 Å². The molecule has 0 aliphatic carbocycles. The van der Waals surface area contributed by atoms with Crippen LogP contribution in [-0.2, 0) is 22.6 Å². The summed E-state index contributed by atoms with van der Waals surface area (Å²) in [4.78, 5) is 40.4. The Hall–Kier alpha value is -3.17. The normalized spacial score (nSPS) is 26.0. The van der Waals surface area contributed by atoms with Gasteiger partial charge in [-0.25, -0.2) is 9.97 Å². The van der Waals surface area contributed by atoms with E-state index in [9.17, 15) is 9.59 Å². The molecule has 10 heteroatoms. The van der Waals surface area contributed by atoms with E-state index in [1.54, 1.807) is 12.3 Å². The molecule has 3 atom stereocenters. The van der Waals surface area contributed by atoms with E-state index in [0.717, 1.165) is 17.7 Å². The van der Waals surface area contributed by atoms with Crippen LogP contribution in [0.25, 0.3) is 0 Å². The minimum absolute atomic E-state index is 0.0164. The first kappa shape index (κ1) is 18.8. The Morgan fingerprint density at radius 1 is 1.33 bits per heavy atom. The predicted molar refractivity (Wildman–Crippen MR) is 107 cm³/mol. The molecule has 2 amide bonds. The molecule has 3 aliphatic heterocycles. The van der Waals surface area contributed by atoms with Gasteiger partial charge in [0, 0.05) is 37.2 Å². The maximum absolute atomic E-state index is 13.4. The van der Waals surface area contributed by atoms with Gasteiger partial charge in [-0.2, -0.15) is 0 Å². The molecule has 2 aromatic heterocycles. The number of hydrogen-bond donors (Lipinski definition) is 1. The van der Waals surface area contributed by atoms with Crippen LogP contribution in [0.5, 0.6) is 0 Å². The largest absolute Gasteiger partial charge is 0.384 e. The standard InChI is InChI=1S/C20H25N7O3/c1-2-16-14(20(29)25-4-3-15-12(7-25)10-30-24-15)5-13-8-26(9-19(28)27(13)16)18-6-17(21)22-11-23-18/h6,10-11,13-14,16H,2-5,7-9H2,1H3,(H2,21,22,23)/t13-,14-,16-/m1/s1. The number of rotatable bonds is 3. The van der Waals surface area contributed by atoms with Crippen LogP contribution < -0.4 is 10.6 Å². The van der Waals surface area contributed by atoms with E-state index in [0.29, 0.717) is 44.1 Å². The third-order valence-corrected chi connectivity index (χ3v) is 6.54. The first-order chi connectivity index (χ1) is 14.5. The van der Waals surface area contributed by atoms with E-state index in [-0.39, 0.29) is 36.4 Å². The average Bonchev–Trinajstić information content (AvgIpc) is 3.37. The van der Waals surface area contributed by atoms with Gasteiger partial charge in [-0.1, -0.05) is 12.1 Å². The molecule has 30 heavy (non-hydrogen) atoms. The quantitative estimate of drug-likeness (QED) is 0.772. The minimum atomic E-state index is -0.194. The van der Waals surface area contributed by atoms with Crippen LogP contribution >= 0.6 is 0 Å². The predicted octanol–water partition coefficient (Wildman–Crippen LogP) is 0.447. The Labute approximate surface area is 174 Å². The summed E-state index contributed by atoms with van der Waals surface area (Å²) in [6.45, 7) is 4.08. The van der Waals surface area contributed by atoms with Gasteiger partial charge in [-0.3, -0.25) is 9.59 Å². The highest BCUT2D eigenvalue weighted by Gasteiger charge is 2.50. The zero-order chi connectivity index (χ0) is 20.8. The lowest BCUT2D eigenvalue weighted by Gasteiger charge is -2.40. The van der Waals surface area contributed by atoms with Crippen molar-refractivity contribution < 1.29 is 14.1 Å². The van der Waals surface area contributed by atoms with E-state index in [2.05, 4.69) is 15.1 Å². The van der Waals surface area contributed by atoms with Crippen molar-refractivity contribution in [3.8, 4) is 0 Å². The van der Waals surface area contributed by atoms with E-state index in [1.165, 1.54) is 6.33 Å². The lowest BCUT2D eigenvalue weighted by atomic mass is 9.94. The molecule has 0 unspecified atom stereocenters. The van der Waals surface area contributed by atoms with Gasteiger partial charge < -0.3 is 25.0 Å². The monoisotopic (exact) mass is 411 g/mol. The maximum atomic E-state index is 13.4. The van der Waals surface area contributed by atoms with Crippen molar-refractivity contribution in [1.82, 2.24) is 24.9 Å². The Morgan fingerprint density at radius 2 is 2.20 bits per heavy atom. The third kappa shape index (κ3) is 3.06. The number of amides is 2. The van der Waals surface area contributed by atoms with E-state index in [4.69, 9.17) is 10.3 Å². The van der Waals surface area contributed by atoms with Gasteiger partial charge in [0.05, 0.1) is 30.7 Å². The summed E-state index contributed by atoms with van der Waals surface area (Å²) >= 11 is 0. The summed E-state index contributed by atoms with van der Waals surface area (Å²) in [6, 6.07) is 1.59. The topological polar surface area (TPSA) is 122 Å². The van der Waals surface area contributed by atoms with Gasteiger partial charge in [-0.05, 0) is 12.8 Å². The fraction of sp³-hybridized carbons (Fsp3) is 0.550. The van der Waals surface area contributed by atoms with Crippen LogP contribution in [0, 0.1) is 5.92 Å². The lowest BCUT2D eigenvalue weighted by molar-refractivity contribution is -0.139. The summed E-state index contributed by atoms with van der Waals surface area (Å²) in [5.74, 6) is 0.980. The molecule has 0 aromatic carbocycles. The van der Waals surface area contributed by atoms with Crippen molar-refractivity contribution in [3.05, 3.63) is 29.9 Å². The summed E-state index contributed by atoms with van der Waals surface area (Å²) in [5, 5.41) is 4.00. The SMILES string of the molecule is CC[C@@H]1[C@H](C(=O)N2CCc3nocc3C2)C[C@@H]2CN(c3cc(N)ncn3)CC(=O)N21. The number of hydrogen-bond acceptors (Lipinski definition) is 8. The van der Waals surface area contributed by atoms with Crippen LogP contribution in [0.3, 0.4) is 0 Å². The van der Waals surface area contributed by atoms with E-state index < -0.39 is 0 Å². The van der Waals surface area contributed by atoms with Crippen LogP contribution in [0.15, 0.2) is 23.2 Å². The van der Waals surface area contributed by atoms with Crippen molar-refractivity contribution in [2.45, 2.75) is 44.8 Å². The lowest BCUT2D eigenvalue weighted by Crippen LogP contribution is -2.56. The second-order valence-electron chi connectivity index (χ2n) is 8.25. The van der Waals surface area contributed by atoms with Crippen molar-refractivity contribution in [1.29, 1.82) is 0 Å². The summed E-state index contributed by atoms with van der Waals surface area (Å²) in [5.41, 5.74) is 7.70. The van der Waals surface area contributed by atoms with Crippen molar-refractivity contribution >= 4 is 23.5 Å². The molecule has 5 rings (SSSR count). The van der Waals surface area contributed by atoms with Gasteiger partial charge in [0.25, 0.3) is 0 Å². The Bertz CT molecular complexity index is 977. The van der Waals surface area contributed by atoms with Crippen LogP contribution in [0.4, 0.5) is 11.6 Å². The summed E-state index contributed by atoms with van der Waals surface area (Å²) in [7, 11) is 0. The smallest absolute Gasteiger partial charge is 0.242 e. The summed E-state index contributed by atoms with van der Waals surface area (Å²) < 4.78 is 5.05. The molecule has 0 spiro atoms. The minimum Gasteiger partial charge on any atom is -0.384 e. The van der Waals surface area contributed by atoms with Gasteiger partial charge in [0.1, 0.15) is 24.2 Å². The molecule has 10 nitrogen and oxygen atoms in total. The zero-order valence-corrected chi connectivity index (χ0v) is 16.9. The highest BCUT2D eigenvalue weighted by Crippen LogP contribution is 2.37. The van der Waals surface area contributed by atoms with Gasteiger partial charge >= 0.3 is 0 Å². The molecule has 3 aliphatic rings. The maximum Gasteiger partial charge on any atom is 0.242 e. The molecule has 2 N–H and O–H groups in total. The van der Waals surface area contributed by atoms with Crippen molar-refractivity contribution in [2.75, 3.05) is 30.3 Å².